The van der Waals surface area contributed by atoms with Crippen LogP contribution in [-0.2, 0) is 5.41 Å². The van der Waals surface area contributed by atoms with Crippen LogP contribution in [0, 0.1) is 0 Å². The Labute approximate surface area is 386 Å². The van der Waals surface area contributed by atoms with Crippen LogP contribution in [0.5, 0.6) is 0 Å². The Morgan fingerprint density at radius 2 is 0.848 bits per heavy atom. The van der Waals surface area contributed by atoms with Crippen molar-refractivity contribution in [2.24, 2.45) is 0 Å². The Morgan fingerprint density at radius 1 is 0.348 bits per heavy atom. The third-order valence-electron chi connectivity index (χ3n) is 14.4. The van der Waals surface area contributed by atoms with Crippen LogP contribution >= 0.6 is 0 Å². The minimum absolute atomic E-state index is 0.429. The average Bonchev–Trinajstić information content (AvgIpc) is 3.86. The topological polar surface area (TPSA) is 3.24 Å². The van der Waals surface area contributed by atoms with Gasteiger partial charge in [-0.05, 0) is 149 Å². The fourth-order valence-electron chi connectivity index (χ4n) is 11.4. The highest BCUT2D eigenvalue weighted by atomic mass is 15.1. The second-order valence-electron chi connectivity index (χ2n) is 17.9. The summed E-state index contributed by atoms with van der Waals surface area (Å²) < 4.78 is 0. The lowest BCUT2D eigenvalue weighted by Gasteiger charge is -2.32. The zero-order valence-electron chi connectivity index (χ0n) is 36.5. The Bertz CT molecular complexity index is 3490. The lowest BCUT2D eigenvalue weighted by molar-refractivity contribution is 0.793. The molecule has 3 aliphatic carbocycles. The van der Waals surface area contributed by atoms with E-state index >= 15 is 0 Å². The average molecular weight is 840 g/mol. The maximum atomic E-state index is 2.49. The fraction of sp³-hybridized carbons (Fsp3) is 0.0462. The van der Waals surface area contributed by atoms with Crippen LogP contribution in [0.1, 0.15) is 40.7 Å². The molecule has 10 aromatic carbocycles. The Morgan fingerprint density at radius 3 is 1.48 bits per heavy atom. The van der Waals surface area contributed by atoms with Crippen molar-refractivity contribution in [3.63, 3.8) is 0 Å². The van der Waals surface area contributed by atoms with Gasteiger partial charge in [-0.25, -0.2) is 0 Å². The van der Waals surface area contributed by atoms with E-state index < -0.39 is 5.41 Å². The van der Waals surface area contributed by atoms with E-state index in [2.05, 4.69) is 254 Å². The molecule has 1 nitrogen and oxygen atoms in total. The molecule has 66 heavy (non-hydrogen) atoms. The molecule has 13 rings (SSSR count). The fourth-order valence-corrected chi connectivity index (χ4v) is 11.4. The van der Waals surface area contributed by atoms with Crippen molar-refractivity contribution in [1.82, 2.24) is 0 Å². The smallest absolute Gasteiger partial charge is 0.0726 e. The van der Waals surface area contributed by atoms with Crippen molar-refractivity contribution in [3.8, 4) is 55.6 Å². The van der Waals surface area contributed by atoms with Crippen molar-refractivity contribution in [1.29, 1.82) is 0 Å². The molecule has 0 radical (unpaired) electrons. The number of hydrogen-bond acceptors (Lipinski definition) is 1. The molecule has 0 unspecified atom stereocenters. The lowest BCUT2D eigenvalue weighted by atomic mass is 9.70. The van der Waals surface area contributed by atoms with Crippen molar-refractivity contribution in [3.05, 3.63) is 277 Å². The summed E-state index contributed by atoms with van der Waals surface area (Å²) in [5.41, 5.74) is 23.5. The molecule has 0 N–H and O–H groups in total. The van der Waals surface area contributed by atoms with Crippen LogP contribution in [0.25, 0.3) is 72.0 Å². The van der Waals surface area contributed by atoms with Gasteiger partial charge in [0, 0.05) is 17.1 Å². The second kappa shape index (κ2) is 15.5. The van der Waals surface area contributed by atoms with E-state index in [1.54, 1.807) is 0 Å². The van der Waals surface area contributed by atoms with Gasteiger partial charge in [-0.15, -0.1) is 0 Å². The van der Waals surface area contributed by atoms with Gasteiger partial charge < -0.3 is 4.90 Å². The summed E-state index contributed by atoms with van der Waals surface area (Å²) in [4.78, 5) is 2.45. The van der Waals surface area contributed by atoms with Crippen LogP contribution in [0.15, 0.2) is 249 Å². The minimum atomic E-state index is -0.429. The first kappa shape index (κ1) is 38.2. The van der Waals surface area contributed by atoms with Gasteiger partial charge in [0.05, 0.1) is 5.41 Å². The van der Waals surface area contributed by atoms with Crippen LogP contribution in [0.4, 0.5) is 17.1 Å². The molecular weight excluding hydrogens is 795 g/mol. The third-order valence-corrected chi connectivity index (χ3v) is 14.4. The number of allylic oxidation sites excluding steroid dienone is 4. The summed E-state index contributed by atoms with van der Waals surface area (Å²) in [6.07, 6.45) is 8.86. The normalized spacial score (nSPS) is 13.8. The quantitative estimate of drug-likeness (QED) is 0.155. The monoisotopic (exact) mass is 839 g/mol. The molecule has 310 valence electrons. The molecule has 1 heteroatoms. The zero-order valence-corrected chi connectivity index (χ0v) is 36.5. The zero-order chi connectivity index (χ0) is 43.6. The summed E-state index contributed by atoms with van der Waals surface area (Å²) in [6.45, 7) is 0. The summed E-state index contributed by atoms with van der Waals surface area (Å²) in [6, 6.07) is 85.9. The third kappa shape index (κ3) is 5.94. The first-order chi connectivity index (χ1) is 32.7. The number of hydrogen-bond donors (Lipinski definition) is 0. The number of rotatable bonds is 7. The van der Waals surface area contributed by atoms with Gasteiger partial charge in [-0.3, -0.25) is 0 Å². The van der Waals surface area contributed by atoms with E-state index in [-0.39, 0.29) is 0 Å². The Kier molecular flexibility index (Phi) is 8.96. The number of fused-ring (bicyclic) bond motifs is 11. The number of nitrogens with zero attached hydrogens (tertiary/aromatic N) is 1. The van der Waals surface area contributed by atoms with Gasteiger partial charge in [-0.2, -0.15) is 0 Å². The van der Waals surface area contributed by atoms with Gasteiger partial charge in [0.1, 0.15) is 0 Å². The highest BCUT2D eigenvalue weighted by Crippen LogP contribution is 2.63. The van der Waals surface area contributed by atoms with E-state index in [1.165, 1.54) is 99.8 Å². The molecule has 0 fully saturated rings. The van der Waals surface area contributed by atoms with Crippen LogP contribution in [0.2, 0.25) is 0 Å². The van der Waals surface area contributed by atoms with E-state index in [0.29, 0.717) is 0 Å². The molecule has 10 aromatic rings. The minimum Gasteiger partial charge on any atom is -0.310 e. The van der Waals surface area contributed by atoms with Crippen molar-refractivity contribution >= 4 is 33.4 Å². The molecule has 0 bridgehead atoms. The molecule has 0 saturated heterocycles. The molecule has 3 aliphatic rings. The maximum Gasteiger partial charge on any atom is 0.0726 e. The molecule has 0 saturated carbocycles. The first-order valence-corrected chi connectivity index (χ1v) is 23.2. The second-order valence-corrected chi connectivity index (χ2v) is 17.9. The van der Waals surface area contributed by atoms with E-state index in [4.69, 9.17) is 0 Å². The predicted molar refractivity (Wildman–Crippen MR) is 278 cm³/mol. The van der Waals surface area contributed by atoms with E-state index in [0.717, 1.165) is 29.9 Å². The van der Waals surface area contributed by atoms with Crippen molar-refractivity contribution in [2.45, 2.75) is 18.3 Å². The molecule has 0 heterocycles. The molecule has 0 aromatic heterocycles. The van der Waals surface area contributed by atoms with Gasteiger partial charge in [0.2, 0.25) is 0 Å². The molecule has 1 spiro atoms. The largest absolute Gasteiger partial charge is 0.310 e. The standard InChI is InChI=1S/C65H45N/c1-3-15-44(16-4-1)46-27-29-50(30-28-46)64-54-20-8-7-19-48(54)35-41-55(64)49-33-38-52(39-34-49)66(51-36-31-47(32-37-51)45-17-5-2-6-18-45)53-40-42-59-58-23-11-14-26-62(58)65(63(59)43-53)60-24-12-9-21-56(60)57-22-10-13-25-61(57)65/h1-5,7-17,19-43H,6,18H2. The summed E-state index contributed by atoms with van der Waals surface area (Å²) in [7, 11) is 0. The molecule has 0 aliphatic heterocycles. The van der Waals surface area contributed by atoms with Crippen LogP contribution < -0.4 is 4.90 Å². The van der Waals surface area contributed by atoms with Gasteiger partial charge >= 0.3 is 0 Å². The molecular formula is C65H45N. The molecule has 0 amide bonds. The predicted octanol–water partition coefficient (Wildman–Crippen LogP) is 17.4. The number of anilines is 3. The Balaban J connectivity index is 0.967. The summed E-state index contributed by atoms with van der Waals surface area (Å²) in [5, 5.41) is 2.48. The highest BCUT2D eigenvalue weighted by molar-refractivity contribution is 6.04. The van der Waals surface area contributed by atoms with E-state index in [1.807, 2.05) is 0 Å². The van der Waals surface area contributed by atoms with Crippen LogP contribution in [0.3, 0.4) is 0 Å². The molecule has 0 atom stereocenters. The van der Waals surface area contributed by atoms with Gasteiger partial charge in [0.25, 0.3) is 0 Å². The maximum absolute atomic E-state index is 2.49. The highest BCUT2D eigenvalue weighted by Gasteiger charge is 2.51. The number of benzene rings is 10. The summed E-state index contributed by atoms with van der Waals surface area (Å²) >= 11 is 0. The van der Waals surface area contributed by atoms with Crippen LogP contribution in [-0.4, -0.2) is 0 Å². The Hall–Kier alpha value is -8.26. The van der Waals surface area contributed by atoms with Gasteiger partial charge in [0.15, 0.2) is 0 Å². The van der Waals surface area contributed by atoms with Crippen molar-refractivity contribution in [2.75, 3.05) is 4.90 Å². The van der Waals surface area contributed by atoms with Crippen molar-refractivity contribution < 1.29 is 0 Å². The van der Waals surface area contributed by atoms with E-state index in [9.17, 15) is 0 Å². The first-order valence-electron chi connectivity index (χ1n) is 23.2. The SMILES string of the molecule is C1=CCCC(c2ccc(N(c3ccc(-c4ccc5ccccc5c4-c4ccc(-c5ccccc5)cc4)cc3)c3ccc4c(c3)C3(c5ccccc5-c5ccccc53)c3ccccc3-4)cc2)=C1. The lowest BCUT2D eigenvalue weighted by Crippen LogP contribution is -2.26. The van der Waals surface area contributed by atoms with Gasteiger partial charge in [-0.1, -0.05) is 212 Å². The summed E-state index contributed by atoms with van der Waals surface area (Å²) in [5.74, 6) is 0.